The number of nitrogens with zero attached hydrogens (tertiary/aromatic N) is 1. The molecule has 8 N–H and O–H groups in total. The van der Waals surface area contributed by atoms with Crippen LogP contribution in [0.15, 0.2) is 18.2 Å². The minimum atomic E-state index is -3.18. The molecule has 0 aromatic heterocycles. The summed E-state index contributed by atoms with van der Waals surface area (Å²) in [7, 11) is 0. The van der Waals surface area contributed by atoms with Gasteiger partial charge in [-0.2, -0.15) is 0 Å². The highest BCUT2D eigenvalue weighted by Crippen LogP contribution is 2.57. The first-order chi connectivity index (χ1) is 14.5. The van der Waals surface area contributed by atoms with Crippen LogP contribution in [0.5, 0.6) is 11.5 Å². The molecular formula is C19H26BN4O7-. The lowest BCUT2D eigenvalue weighted by Gasteiger charge is -2.43. The second kappa shape index (κ2) is 7.50. The van der Waals surface area contributed by atoms with Crippen molar-refractivity contribution in [2.24, 2.45) is 11.5 Å². The first-order valence-electron chi connectivity index (χ1n) is 10.1. The minimum Gasteiger partial charge on any atom is -0.668 e. The number of carbonyl (C=O) groups excluding carboxylic acids is 1. The van der Waals surface area contributed by atoms with Gasteiger partial charge in [-0.05, 0) is 24.9 Å². The maximum atomic E-state index is 12.1. The SMILES string of the molecule is CC(N)(CN1CC(Oc2ccc3c(c2C(=O)O)O[B-](O)(O)[C@H]2C=C32)C1)C(=O)NCCN. The zero-order valence-electron chi connectivity index (χ0n) is 17.1. The molecule has 0 radical (unpaired) electrons. The highest BCUT2D eigenvalue weighted by molar-refractivity contribution is 6.66. The van der Waals surface area contributed by atoms with E-state index >= 15 is 0 Å². The fourth-order valence-corrected chi connectivity index (χ4v) is 4.07. The van der Waals surface area contributed by atoms with Gasteiger partial charge < -0.3 is 41.3 Å². The van der Waals surface area contributed by atoms with Crippen molar-refractivity contribution in [1.29, 1.82) is 0 Å². The summed E-state index contributed by atoms with van der Waals surface area (Å²) in [6, 6.07) is 3.20. The Labute approximate surface area is 178 Å². The fourth-order valence-electron chi connectivity index (χ4n) is 4.07. The van der Waals surface area contributed by atoms with E-state index < -0.39 is 24.1 Å². The number of carbonyl (C=O) groups is 2. The lowest BCUT2D eigenvalue weighted by molar-refractivity contribution is -0.127. The van der Waals surface area contributed by atoms with Crippen molar-refractivity contribution in [2.75, 3.05) is 32.7 Å². The second-order valence-electron chi connectivity index (χ2n) is 8.54. The molecular weight excluding hydrogens is 407 g/mol. The Morgan fingerprint density at radius 2 is 2.10 bits per heavy atom. The van der Waals surface area contributed by atoms with Crippen LogP contribution in [0.1, 0.15) is 22.8 Å². The number of ether oxygens (including phenoxy) is 1. The monoisotopic (exact) mass is 433 g/mol. The standard InChI is InChI=1S/C19H26BN4O7/c1-19(22,18(27)23-5-4-21)9-24-7-10(8-24)30-14-3-2-11-12-6-13(12)20(28,29)31-16(11)15(14)17(25)26/h2-3,6,10,13,28-29H,4-5,7-9,21-22H2,1H3,(H,23,27)(H,25,26)/q-1/t13-,19?/m0/s1. The van der Waals surface area contributed by atoms with Crippen LogP contribution in [-0.4, -0.2) is 83.1 Å². The quantitative estimate of drug-likeness (QED) is 0.259. The van der Waals surface area contributed by atoms with Crippen LogP contribution in [0.3, 0.4) is 0 Å². The maximum absolute atomic E-state index is 12.1. The molecule has 1 unspecified atom stereocenters. The normalized spacial score (nSPS) is 23.3. The van der Waals surface area contributed by atoms with E-state index in [4.69, 9.17) is 20.9 Å². The fraction of sp³-hybridized carbons (Fsp3) is 0.474. The van der Waals surface area contributed by atoms with Crippen LogP contribution >= 0.6 is 0 Å². The molecule has 3 aliphatic rings. The second-order valence-corrected chi connectivity index (χ2v) is 8.54. The molecule has 1 amide bonds. The number of hydrogen-bond acceptors (Lipinski definition) is 9. The Balaban J connectivity index is 1.42. The number of amides is 1. The van der Waals surface area contributed by atoms with E-state index in [9.17, 15) is 24.7 Å². The Morgan fingerprint density at radius 3 is 2.74 bits per heavy atom. The summed E-state index contributed by atoms with van der Waals surface area (Å²) in [5.74, 6) is -2.21. The number of carboxylic acids is 1. The smallest absolute Gasteiger partial charge is 0.441 e. The highest BCUT2D eigenvalue weighted by atomic mass is 16.6. The molecule has 1 saturated heterocycles. The molecule has 168 valence electrons. The van der Waals surface area contributed by atoms with Crippen molar-refractivity contribution in [3.8, 4) is 11.5 Å². The molecule has 1 fully saturated rings. The number of nitrogens with one attached hydrogen (secondary N) is 1. The van der Waals surface area contributed by atoms with Gasteiger partial charge in [0, 0.05) is 38.3 Å². The van der Waals surface area contributed by atoms with Crippen LogP contribution < -0.4 is 26.2 Å². The number of fused-ring (bicyclic) bond motifs is 3. The van der Waals surface area contributed by atoms with E-state index in [0.29, 0.717) is 43.9 Å². The molecule has 12 heteroatoms. The molecule has 4 rings (SSSR count). The van der Waals surface area contributed by atoms with Gasteiger partial charge >= 0.3 is 12.7 Å². The van der Waals surface area contributed by atoms with E-state index in [1.165, 1.54) is 0 Å². The summed E-state index contributed by atoms with van der Waals surface area (Å²) in [6.45, 7) is 0.330. The van der Waals surface area contributed by atoms with Crippen molar-refractivity contribution in [2.45, 2.75) is 24.4 Å². The van der Waals surface area contributed by atoms with E-state index in [-0.39, 0.29) is 29.1 Å². The maximum Gasteiger partial charge on any atom is 0.441 e. The van der Waals surface area contributed by atoms with Gasteiger partial charge in [-0.15, -0.1) is 6.08 Å². The topological polar surface area (TPSA) is 181 Å². The van der Waals surface area contributed by atoms with E-state index in [1.54, 1.807) is 25.1 Å². The van der Waals surface area contributed by atoms with Crippen molar-refractivity contribution in [1.82, 2.24) is 10.2 Å². The van der Waals surface area contributed by atoms with E-state index in [2.05, 4.69) is 5.32 Å². The van der Waals surface area contributed by atoms with Crippen LogP contribution in [0.4, 0.5) is 0 Å². The number of nitrogens with two attached hydrogens (primary N) is 2. The van der Waals surface area contributed by atoms with Crippen molar-refractivity contribution >= 4 is 24.2 Å². The number of aromatic carboxylic acids is 1. The van der Waals surface area contributed by atoms with Crippen molar-refractivity contribution in [3.05, 3.63) is 29.3 Å². The van der Waals surface area contributed by atoms with Crippen LogP contribution in [-0.2, 0) is 4.79 Å². The Bertz CT molecular complexity index is 959. The lowest BCUT2D eigenvalue weighted by atomic mass is 9.67. The summed E-state index contributed by atoms with van der Waals surface area (Å²) in [5, 5.41) is 32.5. The third kappa shape index (κ3) is 4.00. The van der Waals surface area contributed by atoms with E-state index in [1.807, 2.05) is 4.90 Å². The van der Waals surface area contributed by atoms with Gasteiger partial charge in [-0.1, -0.05) is 5.57 Å². The number of carboxylic acid groups (broad SMARTS) is 1. The van der Waals surface area contributed by atoms with Crippen molar-refractivity contribution in [3.63, 3.8) is 0 Å². The molecule has 2 aliphatic heterocycles. The molecule has 11 nitrogen and oxygen atoms in total. The van der Waals surface area contributed by atoms with Crippen LogP contribution in [0, 0.1) is 0 Å². The van der Waals surface area contributed by atoms with Gasteiger partial charge in [0.25, 0.3) is 0 Å². The number of rotatable bonds is 8. The number of benzene rings is 1. The summed E-state index contributed by atoms with van der Waals surface area (Å²) in [6.07, 6.45) is 1.32. The number of hydrogen-bond donors (Lipinski definition) is 6. The average molecular weight is 433 g/mol. The summed E-state index contributed by atoms with van der Waals surface area (Å²) in [5.41, 5.74) is 11.3. The molecule has 2 heterocycles. The summed E-state index contributed by atoms with van der Waals surface area (Å²) in [4.78, 5) is 26.0. The zero-order valence-corrected chi connectivity index (χ0v) is 17.1. The molecule has 0 spiro atoms. The van der Waals surface area contributed by atoms with Crippen molar-refractivity contribution < 1.29 is 34.1 Å². The number of allylic oxidation sites excluding steroid dienone is 2. The van der Waals surface area contributed by atoms with Crippen LogP contribution in [0.2, 0.25) is 5.82 Å². The largest absolute Gasteiger partial charge is 0.668 e. The summed E-state index contributed by atoms with van der Waals surface area (Å²) < 4.78 is 11.1. The molecule has 2 atom stereocenters. The molecule has 0 saturated carbocycles. The average Bonchev–Trinajstić information content (AvgIpc) is 3.45. The molecule has 31 heavy (non-hydrogen) atoms. The molecule has 1 aromatic carbocycles. The van der Waals surface area contributed by atoms with Gasteiger partial charge in [0.2, 0.25) is 5.91 Å². The third-order valence-electron chi connectivity index (χ3n) is 5.73. The Morgan fingerprint density at radius 1 is 1.39 bits per heavy atom. The van der Waals surface area contributed by atoms with Gasteiger partial charge in [0.1, 0.15) is 23.0 Å². The van der Waals surface area contributed by atoms with Gasteiger partial charge in [0.05, 0.1) is 5.75 Å². The zero-order chi connectivity index (χ0) is 22.6. The Hall–Kier alpha value is -2.64. The predicted octanol–water partition coefficient (Wildman–Crippen LogP) is -1.68. The molecule has 0 bridgehead atoms. The molecule has 1 aliphatic carbocycles. The van der Waals surface area contributed by atoms with Crippen LogP contribution in [0.25, 0.3) is 5.57 Å². The number of likely N-dealkylation sites (tertiary alicyclic amines) is 1. The highest BCUT2D eigenvalue weighted by Gasteiger charge is 2.49. The third-order valence-corrected chi connectivity index (χ3v) is 5.73. The minimum absolute atomic E-state index is 0.0819. The van der Waals surface area contributed by atoms with Gasteiger partial charge in [0.15, 0.2) is 0 Å². The van der Waals surface area contributed by atoms with E-state index in [0.717, 1.165) is 0 Å². The Kier molecular flexibility index (Phi) is 5.22. The first-order valence-corrected chi connectivity index (χ1v) is 10.1. The predicted molar refractivity (Wildman–Crippen MR) is 111 cm³/mol. The first kappa shape index (κ1) is 21.6. The van der Waals surface area contributed by atoms with Gasteiger partial charge in [-0.25, -0.2) is 4.79 Å². The van der Waals surface area contributed by atoms with Gasteiger partial charge in [-0.3, -0.25) is 9.69 Å². The lowest BCUT2D eigenvalue weighted by Crippen LogP contribution is -2.64. The summed E-state index contributed by atoms with van der Waals surface area (Å²) >= 11 is 0. The molecule has 1 aromatic rings.